The highest BCUT2D eigenvalue weighted by Crippen LogP contribution is 2.21. The summed E-state index contributed by atoms with van der Waals surface area (Å²) in [6, 6.07) is 13.3. The lowest BCUT2D eigenvalue weighted by molar-refractivity contribution is 1.09. The van der Waals surface area contributed by atoms with Gasteiger partial charge < -0.3 is 5.73 Å². The largest absolute Gasteiger partial charge is 0.399 e. The average Bonchev–Trinajstić information content (AvgIpc) is 2.71. The van der Waals surface area contributed by atoms with E-state index in [0.29, 0.717) is 10.7 Å². The Bertz CT molecular complexity index is 688. The third-order valence-corrected chi connectivity index (χ3v) is 2.89. The molecule has 1 aromatic heterocycles. The first-order valence-corrected chi connectivity index (χ1v) is 5.60. The van der Waals surface area contributed by atoms with Crippen LogP contribution >= 0.6 is 11.6 Å². The van der Waals surface area contributed by atoms with Gasteiger partial charge in [0, 0.05) is 16.4 Å². The first-order valence-electron chi connectivity index (χ1n) is 5.22. The number of fused-ring (bicyclic) bond motifs is 1. The summed E-state index contributed by atoms with van der Waals surface area (Å²) in [4.78, 5) is 4.33. The van der Waals surface area contributed by atoms with Gasteiger partial charge in [-0.3, -0.25) is 4.57 Å². The second kappa shape index (κ2) is 3.79. The van der Waals surface area contributed by atoms with Crippen LogP contribution in [0.2, 0.25) is 5.02 Å². The van der Waals surface area contributed by atoms with Crippen LogP contribution in [0.3, 0.4) is 0 Å². The standard InChI is InChI=1S/C13H10ClN3/c14-9-2-1-3-11(6-9)17-8-16-12-7-10(15)4-5-13(12)17/h1-8H,15H2. The number of rotatable bonds is 1. The molecule has 3 aromatic rings. The lowest BCUT2D eigenvalue weighted by Crippen LogP contribution is -1.91. The van der Waals surface area contributed by atoms with Crippen molar-refractivity contribution in [1.29, 1.82) is 0 Å². The van der Waals surface area contributed by atoms with E-state index in [0.717, 1.165) is 16.7 Å². The van der Waals surface area contributed by atoms with Crippen LogP contribution in [0.4, 0.5) is 5.69 Å². The van der Waals surface area contributed by atoms with Crippen molar-refractivity contribution in [2.75, 3.05) is 5.73 Å². The van der Waals surface area contributed by atoms with Gasteiger partial charge in [-0.15, -0.1) is 0 Å². The normalized spacial score (nSPS) is 10.9. The van der Waals surface area contributed by atoms with E-state index in [2.05, 4.69) is 4.98 Å². The number of halogens is 1. The zero-order valence-corrected chi connectivity index (χ0v) is 9.72. The van der Waals surface area contributed by atoms with Crippen LogP contribution in [0.25, 0.3) is 16.7 Å². The number of hydrogen-bond donors (Lipinski definition) is 1. The summed E-state index contributed by atoms with van der Waals surface area (Å²) in [5, 5.41) is 0.708. The van der Waals surface area contributed by atoms with Crippen molar-refractivity contribution in [2.24, 2.45) is 0 Å². The molecule has 17 heavy (non-hydrogen) atoms. The molecule has 0 atom stereocenters. The average molecular weight is 244 g/mol. The van der Waals surface area contributed by atoms with Gasteiger partial charge in [0.25, 0.3) is 0 Å². The topological polar surface area (TPSA) is 43.8 Å². The maximum Gasteiger partial charge on any atom is 0.100 e. The molecule has 0 radical (unpaired) electrons. The SMILES string of the molecule is Nc1ccc2c(c1)ncn2-c1cccc(Cl)c1. The van der Waals surface area contributed by atoms with Crippen molar-refractivity contribution in [3.8, 4) is 5.69 Å². The maximum absolute atomic E-state index is 5.98. The zero-order chi connectivity index (χ0) is 11.8. The van der Waals surface area contributed by atoms with Crippen molar-refractivity contribution in [3.63, 3.8) is 0 Å². The Balaban J connectivity index is 2.24. The van der Waals surface area contributed by atoms with Crippen molar-refractivity contribution in [3.05, 3.63) is 53.8 Å². The van der Waals surface area contributed by atoms with Gasteiger partial charge in [0.05, 0.1) is 11.0 Å². The Kier molecular flexibility index (Phi) is 2.27. The molecule has 4 heteroatoms. The molecular formula is C13H10ClN3. The smallest absolute Gasteiger partial charge is 0.100 e. The molecule has 0 unspecified atom stereocenters. The van der Waals surface area contributed by atoms with Gasteiger partial charge in [-0.1, -0.05) is 17.7 Å². The first-order chi connectivity index (χ1) is 8.24. The molecule has 3 nitrogen and oxygen atoms in total. The van der Waals surface area contributed by atoms with Gasteiger partial charge in [0.1, 0.15) is 6.33 Å². The monoisotopic (exact) mass is 243 g/mol. The van der Waals surface area contributed by atoms with Crippen LogP contribution in [0.5, 0.6) is 0 Å². The number of nitrogens with zero attached hydrogens (tertiary/aromatic N) is 2. The Morgan fingerprint density at radius 1 is 1.12 bits per heavy atom. The Morgan fingerprint density at radius 3 is 2.82 bits per heavy atom. The highest BCUT2D eigenvalue weighted by Gasteiger charge is 2.04. The minimum atomic E-state index is 0.708. The van der Waals surface area contributed by atoms with Crippen LogP contribution in [-0.2, 0) is 0 Å². The number of nitrogen functional groups attached to an aromatic ring is 1. The van der Waals surface area contributed by atoms with Gasteiger partial charge in [-0.05, 0) is 36.4 Å². The molecule has 0 aliphatic carbocycles. The van der Waals surface area contributed by atoms with Crippen LogP contribution < -0.4 is 5.73 Å². The molecule has 2 aromatic carbocycles. The van der Waals surface area contributed by atoms with E-state index in [4.69, 9.17) is 17.3 Å². The van der Waals surface area contributed by atoms with Gasteiger partial charge in [0.15, 0.2) is 0 Å². The molecule has 0 fully saturated rings. The van der Waals surface area contributed by atoms with E-state index in [-0.39, 0.29) is 0 Å². The fraction of sp³-hybridized carbons (Fsp3) is 0. The Hall–Kier alpha value is -2.00. The summed E-state index contributed by atoms with van der Waals surface area (Å²) in [6.07, 6.45) is 1.77. The second-order valence-corrected chi connectivity index (χ2v) is 4.28. The minimum Gasteiger partial charge on any atom is -0.399 e. The number of benzene rings is 2. The number of imidazole rings is 1. The van der Waals surface area contributed by atoms with Crippen LogP contribution in [0.1, 0.15) is 0 Å². The molecule has 0 amide bonds. The maximum atomic E-state index is 5.98. The molecule has 84 valence electrons. The molecule has 3 rings (SSSR count). The fourth-order valence-corrected chi connectivity index (χ4v) is 2.05. The van der Waals surface area contributed by atoms with Crippen molar-refractivity contribution < 1.29 is 0 Å². The van der Waals surface area contributed by atoms with Crippen LogP contribution in [0, 0.1) is 0 Å². The molecule has 0 saturated heterocycles. The van der Waals surface area contributed by atoms with Gasteiger partial charge in [0.2, 0.25) is 0 Å². The molecule has 2 N–H and O–H groups in total. The predicted octanol–water partition coefficient (Wildman–Crippen LogP) is 3.26. The van der Waals surface area contributed by atoms with E-state index in [1.54, 1.807) is 6.33 Å². The number of aromatic nitrogens is 2. The third kappa shape index (κ3) is 1.74. The summed E-state index contributed by atoms with van der Waals surface area (Å²) in [6.45, 7) is 0. The molecule has 0 bridgehead atoms. The summed E-state index contributed by atoms with van der Waals surface area (Å²) < 4.78 is 1.99. The van der Waals surface area contributed by atoms with E-state index < -0.39 is 0 Å². The fourth-order valence-electron chi connectivity index (χ4n) is 1.86. The number of nitrogens with two attached hydrogens (primary N) is 1. The van der Waals surface area contributed by atoms with Gasteiger partial charge in [-0.25, -0.2) is 4.98 Å². The molecule has 0 spiro atoms. The van der Waals surface area contributed by atoms with E-state index in [9.17, 15) is 0 Å². The van der Waals surface area contributed by atoms with E-state index >= 15 is 0 Å². The first kappa shape index (κ1) is 10.2. The quantitative estimate of drug-likeness (QED) is 0.667. The van der Waals surface area contributed by atoms with Crippen molar-refractivity contribution >= 4 is 28.3 Å². The highest BCUT2D eigenvalue weighted by atomic mass is 35.5. The Labute approximate surface area is 103 Å². The molecule has 0 aliphatic rings. The number of hydrogen-bond acceptors (Lipinski definition) is 2. The van der Waals surface area contributed by atoms with Gasteiger partial charge >= 0.3 is 0 Å². The highest BCUT2D eigenvalue weighted by molar-refractivity contribution is 6.30. The second-order valence-electron chi connectivity index (χ2n) is 3.84. The lowest BCUT2D eigenvalue weighted by Gasteiger charge is -2.04. The van der Waals surface area contributed by atoms with Crippen molar-refractivity contribution in [2.45, 2.75) is 0 Å². The summed E-state index contributed by atoms with van der Waals surface area (Å²) >= 11 is 5.98. The molecule has 0 saturated carbocycles. The number of anilines is 1. The van der Waals surface area contributed by atoms with Crippen LogP contribution in [-0.4, -0.2) is 9.55 Å². The third-order valence-electron chi connectivity index (χ3n) is 2.66. The summed E-state index contributed by atoms with van der Waals surface area (Å²) in [5.41, 5.74) is 9.33. The molecule has 0 aliphatic heterocycles. The van der Waals surface area contributed by atoms with Crippen molar-refractivity contribution in [1.82, 2.24) is 9.55 Å². The molecule has 1 heterocycles. The van der Waals surface area contributed by atoms with Crippen LogP contribution in [0.15, 0.2) is 48.8 Å². The lowest BCUT2D eigenvalue weighted by atomic mass is 10.2. The Morgan fingerprint density at radius 2 is 2.00 bits per heavy atom. The minimum absolute atomic E-state index is 0.708. The van der Waals surface area contributed by atoms with E-state index in [1.165, 1.54) is 0 Å². The van der Waals surface area contributed by atoms with Gasteiger partial charge in [-0.2, -0.15) is 0 Å². The zero-order valence-electron chi connectivity index (χ0n) is 8.97. The summed E-state index contributed by atoms with van der Waals surface area (Å²) in [7, 11) is 0. The molecular weight excluding hydrogens is 234 g/mol. The summed E-state index contributed by atoms with van der Waals surface area (Å²) in [5.74, 6) is 0. The predicted molar refractivity (Wildman–Crippen MR) is 70.5 cm³/mol. The van der Waals surface area contributed by atoms with E-state index in [1.807, 2.05) is 47.0 Å².